The Morgan fingerprint density at radius 2 is 2.06 bits per heavy atom. The van der Waals surface area contributed by atoms with E-state index in [-0.39, 0.29) is 5.54 Å². The molecule has 2 heteroatoms. The fraction of sp³-hybridized carbons (Fsp3) is 0.562. The van der Waals surface area contributed by atoms with Gasteiger partial charge in [0.2, 0.25) is 0 Å². The molecule has 2 nitrogen and oxygen atoms in total. The molecule has 1 aromatic rings. The molecule has 1 atom stereocenters. The van der Waals surface area contributed by atoms with Crippen LogP contribution in [0.15, 0.2) is 30.3 Å². The fourth-order valence-electron chi connectivity index (χ4n) is 2.98. The third-order valence-corrected chi connectivity index (χ3v) is 4.35. The van der Waals surface area contributed by atoms with Gasteiger partial charge in [0.05, 0.1) is 6.07 Å². The first kappa shape index (κ1) is 13.1. The van der Waals surface area contributed by atoms with Crippen molar-refractivity contribution in [2.75, 3.05) is 6.54 Å². The molecule has 0 spiro atoms. The summed E-state index contributed by atoms with van der Waals surface area (Å²) in [5.74, 6) is 0.500. The first-order valence-electron chi connectivity index (χ1n) is 6.80. The quantitative estimate of drug-likeness (QED) is 0.810. The molecule has 1 aromatic carbocycles. The predicted molar refractivity (Wildman–Crippen MR) is 73.9 cm³/mol. The van der Waals surface area contributed by atoms with Crippen molar-refractivity contribution in [3.05, 3.63) is 35.9 Å². The van der Waals surface area contributed by atoms with Gasteiger partial charge in [-0.2, -0.15) is 5.26 Å². The van der Waals surface area contributed by atoms with Gasteiger partial charge in [0.1, 0.15) is 0 Å². The van der Waals surface area contributed by atoms with E-state index in [0.29, 0.717) is 12.3 Å². The summed E-state index contributed by atoms with van der Waals surface area (Å²) in [7, 11) is 0. The predicted octanol–water partition coefficient (Wildman–Crippen LogP) is 3.59. The Morgan fingerprint density at radius 3 is 2.72 bits per heavy atom. The first-order chi connectivity index (χ1) is 8.64. The van der Waals surface area contributed by atoms with E-state index in [9.17, 15) is 0 Å². The Hall–Kier alpha value is -1.33. The zero-order chi connectivity index (χ0) is 13.0. The van der Waals surface area contributed by atoms with Gasteiger partial charge in [-0.1, -0.05) is 30.3 Å². The van der Waals surface area contributed by atoms with E-state index in [0.717, 1.165) is 13.1 Å². The molecule has 1 fully saturated rings. The second kappa shape index (κ2) is 5.54. The molecule has 96 valence electrons. The largest absolute Gasteiger partial charge is 0.294 e. The molecule has 0 amide bonds. The lowest BCUT2D eigenvalue weighted by Crippen LogP contribution is -2.52. The van der Waals surface area contributed by atoms with Crippen LogP contribution in [0.4, 0.5) is 0 Å². The van der Waals surface area contributed by atoms with Gasteiger partial charge in [-0.05, 0) is 44.7 Å². The van der Waals surface area contributed by atoms with Crippen LogP contribution in [-0.4, -0.2) is 17.0 Å². The molecule has 0 bridgehead atoms. The molecule has 0 aliphatic carbocycles. The maximum Gasteiger partial charge on any atom is 0.0625 e. The highest BCUT2D eigenvalue weighted by Crippen LogP contribution is 2.36. The molecule has 1 heterocycles. The van der Waals surface area contributed by atoms with Gasteiger partial charge in [0, 0.05) is 18.5 Å². The van der Waals surface area contributed by atoms with Crippen LogP contribution in [0.25, 0.3) is 0 Å². The number of hydrogen-bond acceptors (Lipinski definition) is 2. The summed E-state index contributed by atoms with van der Waals surface area (Å²) in [5, 5.41) is 8.96. The van der Waals surface area contributed by atoms with Gasteiger partial charge >= 0.3 is 0 Å². The Kier molecular flexibility index (Phi) is 4.04. The van der Waals surface area contributed by atoms with E-state index in [4.69, 9.17) is 5.26 Å². The van der Waals surface area contributed by atoms with E-state index in [1.807, 2.05) is 0 Å². The highest BCUT2D eigenvalue weighted by molar-refractivity contribution is 5.15. The average Bonchev–Trinajstić information content (AvgIpc) is 2.36. The molecule has 1 saturated heterocycles. The van der Waals surface area contributed by atoms with Gasteiger partial charge < -0.3 is 0 Å². The molecule has 0 radical (unpaired) electrons. The van der Waals surface area contributed by atoms with Crippen LogP contribution in [0.2, 0.25) is 0 Å². The Labute approximate surface area is 110 Å². The lowest BCUT2D eigenvalue weighted by Gasteiger charge is -2.47. The SMILES string of the molecule is CC1(C)C(CC#N)CCCN1Cc1ccccc1. The molecular formula is C16H22N2. The normalized spacial score (nSPS) is 23.5. The van der Waals surface area contributed by atoms with E-state index < -0.39 is 0 Å². The lowest BCUT2D eigenvalue weighted by atomic mass is 9.77. The maximum atomic E-state index is 8.96. The van der Waals surface area contributed by atoms with Gasteiger partial charge in [0.15, 0.2) is 0 Å². The van der Waals surface area contributed by atoms with Crippen molar-refractivity contribution in [1.82, 2.24) is 4.90 Å². The molecule has 1 aliphatic rings. The summed E-state index contributed by atoms with van der Waals surface area (Å²) in [5.41, 5.74) is 1.49. The van der Waals surface area contributed by atoms with Crippen molar-refractivity contribution in [3.8, 4) is 6.07 Å². The van der Waals surface area contributed by atoms with Gasteiger partial charge in [-0.25, -0.2) is 0 Å². The summed E-state index contributed by atoms with van der Waals surface area (Å²) in [4.78, 5) is 2.54. The molecule has 1 unspecified atom stereocenters. The lowest BCUT2D eigenvalue weighted by molar-refractivity contribution is 0.0170. The summed E-state index contributed by atoms with van der Waals surface area (Å²) in [6.07, 6.45) is 3.08. The van der Waals surface area contributed by atoms with Crippen molar-refractivity contribution < 1.29 is 0 Å². The first-order valence-corrected chi connectivity index (χ1v) is 6.80. The molecule has 0 saturated carbocycles. The van der Waals surface area contributed by atoms with E-state index in [2.05, 4.69) is 55.1 Å². The fourth-order valence-corrected chi connectivity index (χ4v) is 2.98. The Morgan fingerprint density at radius 1 is 1.33 bits per heavy atom. The molecule has 0 aromatic heterocycles. The number of piperidine rings is 1. The minimum atomic E-state index is 0.129. The molecule has 0 N–H and O–H groups in total. The second-order valence-corrected chi connectivity index (χ2v) is 5.76. The van der Waals surface area contributed by atoms with E-state index in [1.54, 1.807) is 0 Å². The highest BCUT2D eigenvalue weighted by atomic mass is 15.2. The van der Waals surface area contributed by atoms with Crippen LogP contribution >= 0.6 is 0 Å². The summed E-state index contributed by atoms with van der Waals surface area (Å²) < 4.78 is 0. The van der Waals surface area contributed by atoms with Crippen LogP contribution in [0, 0.1) is 17.2 Å². The van der Waals surface area contributed by atoms with Crippen molar-refractivity contribution in [2.24, 2.45) is 5.92 Å². The number of nitrogens with zero attached hydrogens (tertiary/aromatic N) is 2. The van der Waals surface area contributed by atoms with Crippen molar-refractivity contribution in [1.29, 1.82) is 5.26 Å². The number of nitriles is 1. The third kappa shape index (κ3) is 2.73. The topological polar surface area (TPSA) is 27.0 Å². The molecular weight excluding hydrogens is 220 g/mol. The summed E-state index contributed by atoms with van der Waals surface area (Å²) in [6, 6.07) is 13.0. The van der Waals surface area contributed by atoms with Gasteiger partial charge in [-0.3, -0.25) is 4.90 Å². The Balaban J connectivity index is 2.10. The number of hydrogen-bond donors (Lipinski definition) is 0. The average molecular weight is 242 g/mol. The third-order valence-electron chi connectivity index (χ3n) is 4.35. The summed E-state index contributed by atoms with van der Waals surface area (Å²) in [6.45, 7) is 6.72. The molecule has 18 heavy (non-hydrogen) atoms. The Bertz CT molecular complexity index is 416. The second-order valence-electron chi connectivity index (χ2n) is 5.76. The maximum absolute atomic E-state index is 8.96. The standard InChI is InChI=1S/C16H22N2/c1-16(2)15(10-11-17)9-6-12-18(16)13-14-7-4-3-5-8-14/h3-5,7-8,15H,6,9-10,12-13H2,1-2H3. The van der Waals surface area contributed by atoms with Gasteiger partial charge in [0.25, 0.3) is 0 Å². The van der Waals surface area contributed by atoms with E-state index >= 15 is 0 Å². The van der Waals surface area contributed by atoms with Crippen LogP contribution in [0.3, 0.4) is 0 Å². The van der Waals surface area contributed by atoms with Crippen molar-refractivity contribution >= 4 is 0 Å². The highest BCUT2D eigenvalue weighted by Gasteiger charge is 2.37. The molecule has 1 aliphatic heterocycles. The van der Waals surface area contributed by atoms with Gasteiger partial charge in [-0.15, -0.1) is 0 Å². The number of benzene rings is 1. The zero-order valence-electron chi connectivity index (χ0n) is 11.4. The van der Waals surface area contributed by atoms with Crippen molar-refractivity contribution in [2.45, 2.75) is 45.2 Å². The van der Waals surface area contributed by atoms with Crippen LogP contribution < -0.4 is 0 Å². The smallest absolute Gasteiger partial charge is 0.0625 e. The number of rotatable bonds is 3. The zero-order valence-corrected chi connectivity index (χ0v) is 11.4. The van der Waals surface area contributed by atoms with Crippen LogP contribution in [-0.2, 0) is 6.54 Å². The van der Waals surface area contributed by atoms with E-state index in [1.165, 1.54) is 18.4 Å². The van der Waals surface area contributed by atoms with Crippen molar-refractivity contribution in [3.63, 3.8) is 0 Å². The van der Waals surface area contributed by atoms with Crippen LogP contribution in [0.1, 0.15) is 38.7 Å². The number of likely N-dealkylation sites (tertiary alicyclic amines) is 1. The molecule has 2 rings (SSSR count). The summed E-state index contributed by atoms with van der Waals surface area (Å²) >= 11 is 0. The minimum Gasteiger partial charge on any atom is -0.294 e. The minimum absolute atomic E-state index is 0.129. The monoisotopic (exact) mass is 242 g/mol. The van der Waals surface area contributed by atoms with Crippen LogP contribution in [0.5, 0.6) is 0 Å².